The number of carbonyl (C=O) groups is 1. The number of esters is 1. The first-order valence-corrected chi connectivity index (χ1v) is 3.19. The molecule has 0 aromatic heterocycles. The summed E-state index contributed by atoms with van der Waals surface area (Å²) in [5.74, 6) is -0.418. The van der Waals surface area contributed by atoms with Crippen LogP contribution in [0.15, 0.2) is 0 Å². The van der Waals surface area contributed by atoms with Crippen molar-refractivity contribution in [2.75, 3.05) is 7.11 Å². The molecule has 0 unspecified atom stereocenters. The summed E-state index contributed by atoms with van der Waals surface area (Å²) in [6.45, 7) is 1.57. The van der Waals surface area contributed by atoms with Crippen LogP contribution in [0.1, 0.15) is 6.92 Å². The van der Waals surface area contributed by atoms with Gasteiger partial charge in [-0.3, -0.25) is 9.36 Å². The lowest BCUT2D eigenvalue weighted by Crippen LogP contribution is -2.28. The van der Waals surface area contributed by atoms with Gasteiger partial charge in [-0.2, -0.15) is 0 Å². The van der Waals surface area contributed by atoms with E-state index in [9.17, 15) is 9.36 Å². The number of methoxy groups -OCH3 is 1. The summed E-state index contributed by atoms with van der Waals surface area (Å²) in [6, 6.07) is -0.505. The quantitative estimate of drug-likeness (QED) is 0.464. The Morgan fingerprint density at radius 1 is 1.78 bits per heavy atom. The number of ether oxygens (including phenoxy) is 1. The SMILES string of the molecule is COC(=O)[C@@H](C)NP=O. The van der Waals surface area contributed by atoms with Gasteiger partial charge in [0.25, 0.3) is 0 Å². The van der Waals surface area contributed by atoms with E-state index in [0.29, 0.717) is 0 Å². The van der Waals surface area contributed by atoms with Crippen molar-refractivity contribution in [2.24, 2.45) is 0 Å². The third-order valence-electron chi connectivity index (χ3n) is 0.801. The maximum atomic E-state index is 10.5. The van der Waals surface area contributed by atoms with Crippen LogP contribution in [0, 0.1) is 0 Å². The van der Waals surface area contributed by atoms with E-state index in [1.807, 2.05) is 0 Å². The maximum Gasteiger partial charge on any atom is 0.323 e. The van der Waals surface area contributed by atoms with E-state index < -0.39 is 12.0 Å². The third-order valence-corrected chi connectivity index (χ3v) is 1.29. The van der Waals surface area contributed by atoms with Crippen LogP contribution in [0.3, 0.4) is 0 Å². The fourth-order valence-electron chi connectivity index (χ4n) is 0.309. The zero-order valence-corrected chi connectivity index (χ0v) is 6.14. The monoisotopic (exact) mass is 149 g/mol. The van der Waals surface area contributed by atoms with Crippen LogP contribution in [0.2, 0.25) is 0 Å². The molecule has 0 radical (unpaired) electrons. The summed E-state index contributed by atoms with van der Waals surface area (Å²) < 4.78 is 14.1. The second-order valence-electron chi connectivity index (χ2n) is 1.47. The molecule has 0 amide bonds. The van der Waals surface area contributed by atoms with Crippen LogP contribution in [0.5, 0.6) is 0 Å². The molecular weight excluding hydrogens is 141 g/mol. The van der Waals surface area contributed by atoms with E-state index in [-0.39, 0.29) is 8.61 Å². The van der Waals surface area contributed by atoms with Gasteiger partial charge in [-0.25, -0.2) is 5.09 Å². The highest BCUT2D eigenvalue weighted by molar-refractivity contribution is 7.21. The second kappa shape index (κ2) is 4.41. The molecule has 0 fully saturated rings. The van der Waals surface area contributed by atoms with Crippen molar-refractivity contribution in [3.05, 3.63) is 0 Å². The van der Waals surface area contributed by atoms with E-state index in [0.717, 1.165) is 0 Å². The van der Waals surface area contributed by atoms with Gasteiger partial charge >= 0.3 is 5.97 Å². The molecule has 0 aliphatic heterocycles. The summed E-state index contributed by atoms with van der Waals surface area (Å²) >= 11 is 0. The molecule has 0 aliphatic carbocycles. The van der Waals surface area contributed by atoms with Crippen molar-refractivity contribution in [1.82, 2.24) is 5.09 Å². The molecule has 0 heterocycles. The van der Waals surface area contributed by atoms with Crippen LogP contribution >= 0.6 is 8.61 Å². The molecule has 1 N–H and O–H groups in total. The summed E-state index contributed by atoms with van der Waals surface area (Å²) in [7, 11) is 1.02. The van der Waals surface area contributed by atoms with Gasteiger partial charge in [-0.15, -0.1) is 0 Å². The Morgan fingerprint density at radius 3 is 2.67 bits per heavy atom. The highest BCUT2D eigenvalue weighted by atomic mass is 31.1. The highest BCUT2D eigenvalue weighted by Gasteiger charge is 2.10. The minimum atomic E-state index is -0.505. The average Bonchev–Trinajstić information content (AvgIpc) is 1.87. The van der Waals surface area contributed by atoms with E-state index in [2.05, 4.69) is 9.82 Å². The first-order chi connectivity index (χ1) is 4.22. The molecule has 0 saturated carbocycles. The molecule has 0 saturated heterocycles. The van der Waals surface area contributed by atoms with Crippen LogP contribution in [0.4, 0.5) is 0 Å². The summed E-state index contributed by atoms with van der Waals surface area (Å²) in [5, 5.41) is 2.34. The highest BCUT2D eigenvalue weighted by Crippen LogP contribution is 1.90. The topological polar surface area (TPSA) is 55.4 Å². The summed E-state index contributed by atoms with van der Waals surface area (Å²) in [6.07, 6.45) is 0. The summed E-state index contributed by atoms with van der Waals surface area (Å²) in [4.78, 5) is 10.5. The molecule has 4 nitrogen and oxygen atoms in total. The number of rotatable bonds is 3. The standard InChI is InChI=1S/C4H8NO3P/c1-3(5-9-7)4(6)8-2/h3H,1-2H3,(H,5,7)/t3-/m1/s1. The Hall–Kier alpha value is -0.470. The molecule has 0 aromatic rings. The fraction of sp³-hybridized carbons (Fsp3) is 0.750. The maximum absolute atomic E-state index is 10.5. The minimum absolute atomic E-state index is 0.257. The largest absolute Gasteiger partial charge is 0.468 e. The predicted octanol–water partition coefficient (Wildman–Crippen LogP) is 0.344. The van der Waals surface area contributed by atoms with E-state index in [1.165, 1.54) is 7.11 Å². The molecule has 0 aliphatic rings. The Morgan fingerprint density at radius 2 is 2.33 bits per heavy atom. The zero-order valence-electron chi connectivity index (χ0n) is 5.25. The summed E-state index contributed by atoms with van der Waals surface area (Å²) in [5.41, 5.74) is 0. The molecule has 0 spiro atoms. The predicted molar refractivity (Wildman–Crippen MR) is 32.2 cm³/mol. The van der Waals surface area contributed by atoms with Crippen LogP contribution in [-0.4, -0.2) is 19.1 Å². The number of hydrogen-bond acceptors (Lipinski definition) is 3. The Balaban J connectivity index is 3.58. The van der Waals surface area contributed by atoms with Crippen molar-refractivity contribution < 1.29 is 14.1 Å². The molecule has 0 aromatic carbocycles. The zero-order chi connectivity index (χ0) is 7.28. The Labute approximate surface area is 54.8 Å². The Kier molecular flexibility index (Phi) is 4.18. The molecule has 0 rings (SSSR count). The lowest BCUT2D eigenvalue weighted by atomic mass is 10.4. The molecule has 0 bridgehead atoms. The molecule has 52 valence electrons. The smallest absolute Gasteiger partial charge is 0.323 e. The first-order valence-electron chi connectivity index (χ1n) is 2.38. The van der Waals surface area contributed by atoms with Crippen LogP contribution in [0.25, 0.3) is 0 Å². The number of nitrogens with one attached hydrogen (secondary N) is 1. The molecule has 1 atom stereocenters. The van der Waals surface area contributed by atoms with Crippen molar-refractivity contribution in [1.29, 1.82) is 0 Å². The van der Waals surface area contributed by atoms with Gasteiger partial charge in [0.05, 0.1) is 7.11 Å². The van der Waals surface area contributed by atoms with E-state index in [1.54, 1.807) is 6.92 Å². The lowest BCUT2D eigenvalue weighted by molar-refractivity contribution is -0.142. The average molecular weight is 149 g/mol. The van der Waals surface area contributed by atoms with Gasteiger partial charge in [0.1, 0.15) is 6.04 Å². The van der Waals surface area contributed by atoms with Gasteiger partial charge < -0.3 is 4.74 Å². The first kappa shape index (κ1) is 8.53. The van der Waals surface area contributed by atoms with Crippen LogP contribution in [-0.2, 0) is 14.1 Å². The van der Waals surface area contributed by atoms with Gasteiger partial charge in [0, 0.05) is 0 Å². The third kappa shape index (κ3) is 3.16. The van der Waals surface area contributed by atoms with Gasteiger partial charge in [0.2, 0.25) is 8.61 Å². The van der Waals surface area contributed by atoms with Crippen molar-refractivity contribution in [2.45, 2.75) is 13.0 Å². The van der Waals surface area contributed by atoms with E-state index in [4.69, 9.17) is 0 Å². The number of hydrogen-bond donors (Lipinski definition) is 1. The van der Waals surface area contributed by atoms with E-state index >= 15 is 0 Å². The van der Waals surface area contributed by atoms with Gasteiger partial charge in [-0.1, -0.05) is 0 Å². The Bertz CT molecular complexity index is 116. The molecule has 9 heavy (non-hydrogen) atoms. The van der Waals surface area contributed by atoms with Crippen molar-refractivity contribution in [3.8, 4) is 0 Å². The lowest BCUT2D eigenvalue weighted by Gasteiger charge is -2.03. The second-order valence-corrected chi connectivity index (χ2v) is 1.91. The minimum Gasteiger partial charge on any atom is -0.468 e. The fourth-order valence-corrected chi connectivity index (χ4v) is 0.572. The molecule has 5 heteroatoms. The van der Waals surface area contributed by atoms with Gasteiger partial charge in [0.15, 0.2) is 0 Å². The number of carbonyl (C=O) groups excluding carboxylic acids is 1. The van der Waals surface area contributed by atoms with Crippen LogP contribution < -0.4 is 5.09 Å². The van der Waals surface area contributed by atoms with Gasteiger partial charge in [-0.05, 0) is 6.92 Å². The van der Waals surface area contributed by atoms with Crippen molar-refractivity contribution >= 4 is 14.6 Å². The van der Waals surface area contributed by atoms with Crippen molar-refractivity contribution in [3.63, 3.8) is 0 Å². The molecular formula is C4H8NO3P. The normalized spacial score (nSPS) is 13.1.